The van der Waals surface area contributed by atoms with Gasteiger partial charge in [0.1, 0.15) is 22.8 Å². The van der Waals surface area contributed by atoms with Gasteiger partial charge in [0.15, 0.2) is 0 Å². The van der Waals surface area contributed by atoms with Gasteiger partial charge in [-0.1, -0.05) is 60.1 Å². The van der Waals surface area contributed by atoms with E-state index in [4.69, 9.17) is 9.47 Å². The summed E-state index contributed by atoms with van der Waals surface area (Å²) in [6, 6.07) is 27.0. The molecule has 4 fully saturated rings. The Morgan fingerprint density at radius 2 is 0.956 bits per heavy atom. The van der Waals surface area contributed by atoms with Crippen LogP contribution in [0.5, 0.6) is 0 Å². The quantitative estimate of drug-likeness (QED) is 0.252. The molecule has 2 aromatic heterocycles. The number of benzene rings is 2. The van der Waals surface area contributed by atoms with Crippen molar-refractivity contribution in [2.24, 2.45) is 0 Å². The van der Waals surface area contributed by atoms with E-state index in [0.29, 0.717) is 24.7 Å². The summed E-state index contributed by atoms with van der Waals surface area (Å²) >= 11 is 0. The van der Waals surface area contributed by atoms with Gasteiger partial charge in [0.05, 0.1) is 13.1 Å². The summed E-state index contributed by atoms with van der Waals surface area (Å²) < 4.78 is 10.9. The minimum absolute atomic E-state index is 0.232. The van der Waals surface area contributed by atoms with Gasteiger partial charge in [-0.2, -0.15) is 0 Å². The Hall–Kier alpha value is -5.60. The average Bonchev–Trinajstić information content (AvgIpc) is 3.59. The lowest BCUT2D eigenvalue weighted by atomic mass is 9.80. The summed E-state index contributed by atoms with van der Waals surface area (Å²) in [6.07, 6.45) is 7.74. The van der Waals surface area contributed by atoms with Gasteiger partial charge in [0.25, 0.3) is 0 Å². The Labute approximate surface area is 262 Å². The molecule has 0 radical (unpaired) electrons. The van der Waals surface area contributed by atoms with Crippen LogP contribution in [0.1, 0.15) is 54.4 Å². The maximum Gasteiger partial charge on any atom is 0.416 e. The molecule has 4 aromatic rings. The van der Waals surface area contributed by atoms with E-state index < -0.39 is 0 Å². The van der Waals surface area contributed by atoms with Gasteiger partial charge < -0.3 is 9.47 Å². The molecule has 2 saturated heterocycles. The zero-order chi connectivity index (χ0) is 30.7. The van der Waals surface area contributed by atoms with Gasteiger partial charge in [0, 0.05) is 34.6 Å². The highest BCUT2D eigenvalue weighted by Crippen LogP contribution is 2.45. The fraction of sp³-hybridized carbons (Fsp3) is 0.243. The Kier molecular flexibility index (Phi) is 7.41. The van der Waals surface area contributed by atoms with Crippen LogP contribution < -0.4 is 9.80 Å². The Bertz CT molecular complexity index is 1830. The van der Waals surface area contributed by atoms with Crippen LogP contribution in [0.4, 0.5) is 21.2 Å². The SMILES string of the molecule is O=C1OC2(CC2)CN1c1ccc(C#Cc2ccccc2)cn1.O=C1OC2(CCC2)CN1c1ccc(C#Cc2ccccc2)cn1. The number of carbonyl (C=O) groups excluding carboxylic acids is 2. The number of ether oxygens (including phenoxy) is 2. The van der Waals surface area contributed by atoms with Crippen molar-refractivity contribution in [2.45, 2.75) is 43.3 Å². The van der Waals surface area contributed by atoms with Crippen molar-refractivity contribution in [1.82, 2.24) is 9.97 Å². The van der Waals surface area contributed by atoms with E-state index in [2.05, 4.69) is 33.6 Å². The monoisotopic (exact) mass is 594 g/mol. The molecular weight excluding hydrogens is 564 g/mol. The van der Waals surface area contributed by atoms with Gasteiger partial charge in [-0.15, -0.1) is 0 Å². The van der Waals surface area contributed by atoms with Gasteiger partial charge in [-0.25, -0.2) is 19.6 Å². The van der Waals surface area contributed by atoms with E-state index in [9.17, 15) is 9.59 Å². The number of amides is 2. The first kappa shape index (κ1) is 28.2. The molecule has 4 aliphatic rings. The van der Waals surface area contributed by atoms with E-state index >= 15 is 0 Å². The molecule has 45 heavy (non-hydrogen) atoms. The minimum Gasteiger partial charge on any atom is -0.441 e. The molecule has 2 saturated carbocycles. The normalized spacial score (nSPS) is 18.0. The van der Waals surface area contributed by atoms with Gasteiger partial charge in [-0.05, 0) is 80.6 Å². The molecule has 222 valence electrons. The highest BCUT2D eigenvalue weighted by Gasteiger charge is 2.55. The lowest BCUT2D eigenvalue weighted by Gasteiger charge is -2.34. The highest BCUT2D eigenvalue weighted by atomic mass is 16.6. The molecular formula is C37H30N4O4. The zero-order valence-corrected chi connectivity index (χ0v) is 24.6. The summed E-state index contributed by atoms with van der Waals surface area (Å²) in [7, 11) is 0. The molecule has 8 nitrogen and oxygen atoms in total. The number of aromatic nitrogens is 2. The third-order valence-corrected chi connectivity index (χ3v) is 8.31. The third-order valence-electron chi connectivity index (χ3n) is 8.31. The summed E-state index contributed by atoms with van der Waals surface area (Å²) in [4.78, 5) is 35.8. The Morgan fingerprint density at radius 3 is 1.29 bits per heavy atom. The molecule has 2 aromatic carbocycles. The molecule has 0 unspecified atom stereocenters. The van der Waals surface area contributed by atoms with Gasteiger partial charge >= 0.3 is 12.2 Å². The lowest BCUT2D eigenvalue weighted by Crippen LogP contribution is -2.41. The fourth-order valence-corrected chi connectivity index (χ4v) is 5.40. The number of anilines is 2. The van der Waals surface area contributed by atoms with Crippen molar-refractivity contribution >= 4 is 23.8 Å². The van der Waals surface area contributed by atoms with Gasteiger partial charge in [0.2, 0.25) is 0 Å². The topological polar surface area (TPSA) is 84.9 Å². The zero-order valence-electron chi connectivity index (χ0n) is 24.6. The first-order valence-corrected chi connectivity index (χ1v) is 15.1. The molecule has 2 aliphatic heterocycles. The number of pyridine rings is 2. The van der Waals surface area contributed by atoms with Crippen LogP contribution in [0, 0.1) is 23.7 Å². The second kappa shape index (κ2) is 11.8. The van der Waals surface area contributed by atoms with E-state index in [1.807, 2.05) is 84.9 Å². The number of rotatable bonds is 2. The first-order valence-electron chi connectivity index (χ1n) is 15.1. The minimum atomic E-state index is -0.298. The molecule has 2 spiro atoms. The van der Waals surface area contributed by atoms with E-state index in [1.54, 1.807) is 22.2 Å². The van der Waals surface area contributed by atoms with E-state index in [-0.39, 0.29) is 23.4 Å². The first-order chi connectivity index (χ1) is 22.0. The summed E-state index contributed by atoms with van der Waals surface area (Å²) in [6.45, 7) is 1.21. The highest BCUT2D eigenvalue weighted by molar-refractivity contribution is 5.90. The van der Waals surface area contributed by atoms with Gasteiger partial charge in [-0.3, -0.25) is 9.80 Å². The van der Waals surface area contributed by atoms with Crippen LogP contribution in [0.3, 0.4) is 0 Å². The lowest BCUT2D eigenvalue weighted by molar-refractivity contribution is -0.00650. The van der Waals surface area contributed by atoms with Crippen LogP contribution in [-0.2, 0) is 9.47 Å². The molecule has 2 aliphatic carbocycles. The van der Waals surface area contributed by atoms with Crippen molar-refractivity contribution in [3.05, 3.63) is 120 Å². The molecule has 4 heterocycles. The summed E-state index contributed by atoms with van der Waals surface area (Å²) in [5, 5.41) is 0. The van der Waals surface area contributed by atoms with Crippen molar-refractivity contribution in [3.8, 4) is 23.7 Å². The molecule has 8 heteroatoms. The molecule has 8 rings (SSSR count). The summed E-state index contributed by atoms with van der Waals surface area (Å²) in [5.41, 5.74) is 3.08. The van der Waals surface area contributed by atoms with Crippen molar-refractivity contribution < 1.29 is 19.1 Å². The van der Waals surface area contributed by atoms with Crippen molar-refractivity contribution in [1.29, 1.82) is 0 Å². The maximum absolute atomic E-state index is 12.0. The average molecular weight is 595 g/mol. The number of nitrogens with zero attached hydrogens (tertiary/aromatic N) is 4. The maximum atomic E-state index is 12.0. The standard InChI is InChI=1S/C19H16N2O2.C18H14N2O2/c22-18-21(14-19(23-18)11-4-12-19)17-10-9-16(13-20-17)8-7-15-5-2-1-3-6-15;21-17-20(13-18(22-17)10-11-18)16-9-8-15(12-19-16)7-6-14-4-2-1-3-5-14/h1-3,5-6,9-10,13H,4,11-12,14H2;1-5,8-9,12H,10-11,13H2. The Morgan fingerprint density at radius 1 is 0.533 bits per heavy atom. The molecule has 2 amide bonds. The second-order valence-electron chi connectivity index (χ2n) is 11.7. The Balaban J connectivity index is 0.000000145. The van der Waals surface area contributed by atoms with Crippen LogP contribution >= 0.6 is 0 Å². The largest absolute Gasteiger partial charge is 0.441 e. The van der Waals surface area contributed by atoms with Crippen LogP contribution in [-0.4, -0.2) is 46.4 Å². The van der Waals surface area contributed by atoms with Crippen LogP contribution in [0.25, 0.3) is 0 Å². The predicted octanol–water partition coefficient (Wildman–Crippen LogP) is 6.33. The number of hydrogen-bond donors (Lipinski definition) is 0. The predicted molar refractivity (Wildman–Crippen MR) is 170 cm³/mol. The van der Waals surface area contributed by atoms with E-state index in [0.717, 1.165) is 54.4 Å². The van der Waals surface area contributed by atoms with Crippen molar-refractivity contribution in [2.75, 3.05) is 22.9 Å². The molecule has 0 bridgehead atoms. The van der Waals surface area contributed by atoms with E-state index in [1.165, 1.54) is 0 Å². The van der Waals surface area contributed by atoms with Crippen LogP contribution in [0.15, 0.2) is 97.3 Å². The molecule has 0 N–H and O–H groups in total. The number of hydrogen-bond acceptors (Lipinski definition) is 6. The van der Waals surface area contributed by atoms with Crippen molar-refractivity contribution in [3.63, 3.8) is 0 Å². The smallest absolute Gasteiger partial charge is 0.416 e. The second-order valence-corrected chi connectivity index (χ2v) is 11.7. The summed E-state index contributed by atoms with van der Waals surface area (Å²) in [5.74, 6) is 13.6. The fourth-order valence-electron chi connectivity index (χ4n) is 5.40. The van der Waals surface area contributed by atoms with Crippen LogP contribution in [0.2, 0.25) is 0 Å². The third kappa shape index (κ3) is 6.37. The number of carbonyl (C=O) groups is 2. The molecule has 0 atom stereocenters.